The highest BCUT2D eigenvalue weighted by molar-refractivity contribution is 8.02. The van der Waals surface area contributed by atoms with Gasteiger partial charge in [0.1, 0.15) is 6.61 Å². The maximum Gasteiger partial charge on any atom is 0.509 e. The Morgan fingerprint density at radius 1 is 1.30 bits per heavy atom. The van der Waals surface area contributed by atoms with Gasteiger partial charge in [0, 0.05) is 4.75 Å². The molecular weight excluding hydrogens is 289 g/mol. The Hall–Kier alpha value is 0.370. The van der Waals surface area contributed by atoms with Crippen LogP contribution < -0.4 is 5.32 Å². The molecule has 2 fully saturated rings. The summed E-state index contributed by atoms with van der Waals surface area (Å²) in [6.07, 6.45) is 7.14. The molecule has 116 valence electrons. The van der Waals surface area contributed by atoms with Gasteiger partial charge in [-0.2, -0.15) is 0 Å². The summed E-state index contributed by atoms with van der Waals surface area (Å²) in [6.45, 7) is 9.34. The summed E-state index contributed by atoms with van der Waals surface area (Å²) in [5.41, 5.74) is 0. The van der Waals surface area contributed by atoms with E-state index in [1.807, 2.05) is 0 Å². The normalized spacial score (nSPS) is 29.1. The van der Waals surface area contributed by atoms with Gasteiger partial charge in [-0.05, 0) is 37.2 Å². The molecule has 0 amide bonds. The monoisotopic (exact) mass is 318 g/mol. The largest absolute Gasteiger partial charge is 0.509 e. The molecular formula is C15H29NO2PS+. The Labute approximate surface area is 128 Å². The molecule has 0 radical (unpaired) electrons. The number of hydrogen-bond donors (Lipinski definition) is 1. The van der Waals surface area contributed by atoms with Crippen molar-refractivity contribution in [3.8, 4) is 0 Å². The zero-order chi connectivity index (χ0) is 14.8. The Kier molecular flexibility index (Phi) is 5.56. The van der Waals surface area contributed by atoms with Crippen LogP contribution in [0.5, 0.6) is 0 Å². The third kappa shape index (κ3) is 4.19. The predicted octanol–water partition coefficient (Wildman–Crippen LogP) is 4.55. The number of nitrogens with one attached hydrogen (secondary N) is 1. The Bertz CT molecular complexity index is 354. The summed E-state index contributed by atoms with van der Waals surface area (Å²) >= 11 is 2.07. The third-order valence-electron chi connectivity index (χ3n) is 4.28. The van der Waals surface area contributed by atoms with Gasteiger partial charge in [-0.15, -0.1) is 16.3 Å². The zero-order valence-electron chi connectivity index (χ0n) is 13.3. The second-order valence-electron chi connectivity index (χ2n) is 7.16. The fourth-order valence-corrected chi connectivity index (χ4v) is 6.69. The quantitative estimate of drug-likeness (QED) is 0.755. The fourth-order valence-electron chi connectivity index (χ4n) is 3.16. The van der Waals surface area contributed by atoms with Crippen molar-refractivity contribution in [3.05, 3.63) is 0 Å². The smallest absolute Gasteiger partial charge is 0.295 e. The van der Waals surface area contributed by atoms with E-state index in [9.17, 15) is 4.57 Å². The minimum Gasteiger partial charge on any atom is -0.295 e. The molecule has 20 heavy (non-hydrogen) atoms. The van der Waals surface area contributed by atoms with E-state index >= 15 is 0 Å². The van der Waals surface area contributed by atoms with E-state index in [-0.39, 0.29) is 9.62 Å². The molecule has 0 aromatic heterocycles. The summed E-state index contributed by atoms with van der Waals surface area (Å²) < 4.78 is 17.8. The SMILES string of the molecule is CC(C)CO[P+](=O)CC1NC2(CCCCC2)SC1(C)C. The molecule has 0 bridgehead atoms. The Morgan fingerprint density at radius 2 is 1.95 bits per heavy atom. The fraction of sp³-hybridized carbons (Fsp3) is 1.00. The van der Waals surface area contributed by atoms with E-state index in [0.717, 1.165) is 0 Å². The summed E-state index contributed by atoms with van der Waals surface area (Å²) in [5, 5.41) is 3.81. The summed E-state index contributed by atoms with van der Waals surface area (Å²) in [4.78, 5) is 0.237. The molecule has 2 rings (SSSR count). The molecule has 1 heterocycles. The molecule has 1 spiro atoms. The minimum atomic E-state index is -1.55. The van der Waals surface area contributed by atoms with Crippen LogP contribution in [0.2, 0.25) is 0 Å². The van der Waals surface area contributed by atoms with Crippen molar-refractivity contribution in [1.29, 1.82) is 0 Å². The predicted molar refractivity (Wildman–Crippen MR) is 87.7 cm³/mol. The first-order valence-corrected chi connectivity index (χ1v) is 10.1. The first-order chi connectivity index (χ1) is 9.33. The van der Waals surface area contributed by atoms with Crippen molar-refractivity contribution in [2.45, 2.75) is 75.5 Å². The Balaban J connectivity index is 1.92. The van der Waals surface area contributed by atoms with Gasteiger partial charge >= 0.3 is 8.03 Å². The maximum atomic E-state index is 12.1. The molecule has 1 aliphatic carbocycles. The van der Waals surface area contributed by atoms with Gasteiger partial charge in [0.05, 0.1) is 10.9 Å². The lowest BCUT2D eigenvalue weighted by atomic mass is 9.93. The number of hydrogen-bond acceptors (Lipinski definition) is 4. The molecule has 0 aromatic carbocycles. The zero-order valence-corrected chi connectivity index (χ0v) is 15.0. The molecule has 2 aliphatic rings. The van der Waals surface area contributed by atoms with Crippen LogP contribution in [0.4, 0.5) is 0 Å². The van der Waals surface area contributed by atoms with Crippen LogP contribution in [0.3, 0.4) is 0 Å². The van der Waals surface area contributed by atoms with Crippen molar-refractivity contribution in [1.82, 2.24) is 5.32 Å². The molecule has 3 nitrogen and oxygen atoms in total. The van der Waals surface area contributed by atoms with Crippen LogP contribution in [0.1, 0.15) is 59.8 Å². The van der Waals surface area contributed by atoms with Crippen LogP contribution >= 0.6 is 19.8 Å². The molecule has 5 heteroatoms. The lowest BCUT2D eigenvalue weighted by Crippen LogP contribution is -2.46. The average molecular weight is 318 g/mol. The highest BCUT2D eigenvalue weighted by Crippen LogP contribution is 2.52. The highest BCUT2D eigenvalue weighted by atomic mass is 32.2. The van der Waals surface area contributed by atoms with Crippen molar-refractivity contribution in [2.24, 2.45) is 5.92 Å². The van der Waals surface area contributed by atoms with Crippen molar-refractivity contribution >= 4 is 19.8 Å². The number of rotatable bonds is 5. The minimum absolute atomic E-state index is 0.142. The second kappa shape index (κ2) is 6.64. The summed E-state index contributed by atoms with van der Waals surface area (Å²) in [6, 6.07) is 0.293. The Morgan fingerprint density at radius 3 is 2.55 bits per heavy atom. The van der Waals surface area contributed by atoms with E-state index < -0.39 is 8.03 Å². The topological polar surface area (TPSA) is 38.3 Å². The van der Waals surface area contributed by atoms with Crippen molar-refractivity contribution < 1.29 is 9.09 Å². The molecule has 1 aliphatic heterocycles. The average Bonchev–Trinajstić information content (AvgIpc) is 2.58. The number of thioether (sulfide) groups is 1. The maximum absolute atomic E-state index is 12.1. The van der Waals surface area contributed by atoms with E-state index in [4.69, 9.17) is 4.52 Å². The lowest BCUT2D eigenvalue weighted by molar-refractivity contribution is 0.276. The van der Waals surface area contributed by atoms with Gasteiger partial charge < -0.3 is 0 Å². The second-order valence-corrected chi connectivity index (χ2v) is 10.5. The third-order valence-corrected chi connectivity index (χ3v) is 7.11. The van der Waals surface area contributed by atoms with Crippen molar-refractivity contribution in [3.63, 3.8) is 0 Å². The van der Waals surface area contributed by atoms with E-state index in [0.29, 0.717) is 24.7 Å². The van der Waals surface area contributed by atoms with E-state index in [2.05, 4.69) is 44.8 Å². The first kappa shape index (κ1) is 16.7. The van der Waals surface area contributed by atoms with Gasteiger partial charge in [0.25, 0.3) is 0 Å². The van der Waals surface area contributed by atoms with E-state index in [1.54, 1.807) is 0 Å². The van der Waals surface area contributed by atoms with Crippen LogP contribution in [0, 0.1) is 5.92 Å². The summed E-state index contributed by atoms with van der Waals surface area (Å²) in [7, 11) is -1.55. The molecule has 0 aromatic rings. The molecule has 1 saturated carbocycles. The summed E-state index contributed by atoms with van der Waals surface area (Å²) in [5.74, 6) is 0.442. The molecule has 1 N–H and O–H groups in total. The van der Waals surface area contributed by atoms with Gasteiger partial charge in [-0.1, -0.05) is 33.1 Å². The van der Waals surface area contributed by atoms with Gasteiger partial charge in [-0.25, -0.2) is 0 Å². The van der Waals surface area contributed by atoms with Crippen LogP contribution in [0.25, 0.3) is 0 Å². The first-order valence-electron chi connectivity index (χ1n) is 7.88. The molecule has 1 saturated heterocycles. The van der Waals surface area contributed by atoms with E-state index in [1.165, 1.54) is 32.1 Å². The molecule has 2 unspecified atom stereocenters. The van der Waals surface area contributed by atoms with Crippen LogP contribution in [0.15, 0.2) is 0 Å². The van der Waals surface area contributed by atoms with Gasteiger partial charge in [-0.3, -0.25) is 5.32 Å². The standard InChI is InChI=1S/C15H29NO2PS/c1-12(2)10-18-19(17)11-13-14(3,4)20-15(16-13)8-6-5-7-9-15/h12-13,16H,5-11H2,1-4H3/q+1. The lowest BCUT2D eigenvalue weighted by Gasteiger charge is -2.33. The van der Waals surface area contributed by atoms with Crippen LogP contribution in [-0.2, 0) is 9.09 Å². The van der Waals surface area contributed by atoms with Crippen LogP contribution in [-0.4, -0.2) is 28.4 Å². The van der Waals surface area contributed by atoms with Crippen molar-refractivity contribution in [2.75, 3.05) is 12.8 Å². The van der Waals surface area contributed by atoms with Gasteiger partial charge in [0.15, 0.2) is 6.16 Å². The van der Waals surface area contributed by atoms with Gasteiger partial charge in [0.2, 0.25) is 0 Å². The highest BCUT2D eigenvalue weighted by Gasteiger charge is 2.52. The molecule has 2 atom stereocenters.